The van der Waals surface area contributed by atoms with E-state index in [0.29, 0.717) is 24.5 Å². The Morgan fingerprint density at radius 3 is 2.80 bits per heavy atom. The topological polar surface area (TPSA) is 36.4 Å². The molecule has 1 aliphatic heterocycles. The molecule has 1 saturated heterocycles. The van der Waals surface area contributed by atoms with E-state index < -0.39 is 5.92 Å². The number of rotatable bonds is 4. The Bertz CT molecular complexity index is 493. The summed E-state index contributed by atoms with van der Waals surface area (Å²) in [5.41, 5.74) is 0.605. The number of pyridine rings is 1. The molecule has 0 aromatic carbocycles. The summed E-state index contributed by atoms with van der Waals surface area (Å²) in [5.74, 6) is -2.25. The van der Waals surface area contributed by atoms with Crippen LogP contribution in [0.5, 0.6) is 0 Å². The number of hydrogen-bond donors (Lipinski definition) is 0. The summed E-state index contributed by atoms with van der Waals surface area (Å²) in [4.78, 5) is 19.3. The lowest BCUT2D eigenvalue weighted by atomic mass is 10.3. The molecule has 6 heteroatoms. The highest BCUT2D eigenvalue weighted by atomic mass is 19.3. The Labute approximate surface area is 117 Å². The van der Waals surface area contributed by atoms with Gasteiger partial charge in [-0.25, -0.2) is 13.8 Å². The Morgan fingerprint density at radius 2 is 2.25 bits per heavy atom. The largest absolute Gasteiger partial charge is 0.362 e. The van der Waals surface area contributed by atoms with Gasteiger partial charge in [0.15, 0.2) is 5.82 Å². The number of aromatic nitrogens is 1. The first kappa shape index (κ1) is 14.7. The Balaban J connectivity index is 2.33. The van der Waals surface area contributed by atoms with Crippen molar-refractivity contribution < 1.29 is 13.6 Å². The van der Waals surface area contributed by atoms with Gasteiger partial charge in [-0.3, -0.25) is 9.69 Å². The van der Waals surface area contributed by atoms with Crippen LogP contribution in [0.1, 0.15) is 26.7 Å². The third-order valence-corrected chi connectivity index (χ3v) is 3.45. The number of anilines is 2. The quantitative estimate of drug-likeness (QED) is 0.852. The molecular weight excluding hydrogens is 264 g/mol. The van der Waals surface area contributed by atoms with Crippen molar-refractivity contribution in [2.45, 2.75) is 32.6 Å². The highest BCUT2D eigenvalue weighted by Gasteiger charge is 2.39. The van der Waals surface area contributed by atoms with E-state index in [9.17, 15) is 13.6 Å². The monoisotopic (exact) mass is 283 g/mol. The highest BCUT2D eigenvalue weighted by Crippen LogP contribution is 2.35. The molecule has 4 nitrogen and oxygen atoms in total. The van der Waals surface area contributed by atoms with Gasteiger partial charge in [0.05, 0.1) is 12.2 Å². The molecule has 1 amide bonds. The van der Waals surface area contributed by atoms with Gasteiger partial charge in [-0.2, -0.15) is 0 Å². The molecule has 2 heterocycles. The Kier molecular flexibility index (Phi) is 4.20. The standard InChI is InChI=1S/C14H19F2N3O/c1-3-12(20)19(4-2)13-11(6-5-8-17-13)18-9-7-14(15,16)10-18/h5-6,8H,3-4,7,9-10H2,1-2H3. The van der Waals surface area contributed by atoms with Gasteiger partial charge in [-0.15, -0.1) is 0 Å². The van der Waals surface area contributed by atoms with Crippen LogP contribution >= 0.6 is 0 Å². The fraction of sp³-hybridized carbons (Fsp3) is 0.571. The number of carbonyl (C=O) groups is 1. The van der Waals surface area contributed by atoms with Crippen molar-refractivity contribution in [1.82, 2.24) is 4.98 Å². The van der Waals surface area contributed by atoms with E-state index in [-0.39, 0.29) is 25.4 Å². The van der Waals surface area contributed by atoms with E-state index in [1.165, 1.54) is 0 Å². The molecule has 0 radical (unpaired) electrons. The van der Waals surface area contributed by atoms with Gasteiger partial charge in [-0.1, -0.05) is 6.92 Å². The zero-order valence-corrected chi connectivity index (χ0v) is 11.8. The van der Waals surface area contributed by atoms with E-state index in [1.54, 1.807) is 35.1 Å². The second-order valence-corrected chi connectivity index (χ2v) is 4.87. The highest BCUT2D eigenvalue weighted by molar-refractivity contribution is 5.95. The normalized spacial score (nSPS) is 17.3. The van der Waals surface area contributed by atoms with Crippen molar-refractivity contribution in [2.75, 3.05) is 29.4 Å². The van der Waals surface area contributed by atoms with Crippen LogP contribution in [0.3, 0.4) is 0 Å². The van der Waals surface area contributed by atoms with Crippen molar-refractivity contribution in [3.63, 3.8) is 0 Å². The maximum atomic E-state index is 13.4. The van der Waals surface area contributed by atoms with Crippen molar-refractivity contribution in [2.24, 2.45) is 0 Å². The van der Waals surface area contributed by atoms with Crippen LogP contribution in [0.2, 0.25) is 0 Å². The molecule has 0 saturated carbocycles. The van der Waals surface area contributed by atoms with Crippen LogP contribution in [0.4, 0.5) is 20.3 Å². The molecule has 0 N–H and O–H groups in total. The zero-order chi connectivity index (χ0) is 14.8. The molecular formula is C14H19F2N3O. The van der Waals surface area contributed by atoms with Crippen LogP contribution < -0.4 is 9.80 Å². The smallest absolute Gasteiger partial charge is 0.266 e. The van der Waals surface area contributed by atoms with Crippen molar-refractivity contribution in [3.05, 3.63) is 18.3 Å². The van der Waals surface area contributed by atoms with Crippen LogP contribution in [0.25, 0.3) is 0 Å². The van der Waals surface area contributed by atoms with E-state index in [0.717, 1.165) is 0 Å². The molecule has 20 heavy (non-hydrogen) atoms. The average molecular weight is 283 g/mol. The average Bonchev–Trinajstić information content (AvgIpc) is 2.80. The summed E-state index contributed by atoms with van der Waals surface area (Å²) in [6.07, 6.45) is 1.79. The Morgan fingerprint density at radius 1 is 1.50 bits per heavy atom. The summed E-state index contributed by atoms with van der Waals surface area (Å²) < 4.78 is 26.8. The van der Waals surface area contributed by atoms with Crippen LogP contribution in [0.15, 0.2) is 18.3 Å². The van der Waals surface area contributed by atoms with Crippen LogP contribution in [-0.4, -0.2) is 36.4 Å². The fourth-order valence-electron chi connectivity index (χ4n) is 2.42. The fourth-order valence-corrected chi connectivity index (χ4v) is 2.42. The number of amides is 1. The maximum Gasteiger partial charge on any atom is 0.266 e. The van der Waals surface area contributed by atoms with Crippen molar-refractivity contribution >= 4 is 17.4 Å². The van der Waals surface area contributed by atoms with Gasteiger partial charge >= 0.3 is 0 Å². The van der Waals surface area contributed by atoms with E-state index >= 15 is 0 Å². The lowest BCUT2D eigenvalue weighted by molar-refractivity contribution is -0.118. The first-order valence-electron chi connectivity index (χ1n) is 6.86. The van der Waals surface area contributed by atoms with Gasteiger partial charge < -0.3 is 4.90 Å². The minimum absolute atomic E-state index is 0.0570. The molecule has 0 atom stereocenters. The molecule has 1 fully saturated rings. The summed E-state index contributed by atoms with van der Waals surface area (Å²) in [7, 11) is 0. The van der Waals surface area contributed by atoms with Gasteiger partial charge in [0, 0.05) is 32.1 Å². The zero-order valence-electron chi connectivity index (χ0n) is 11.8. The molecule has 1 aromatic rings. The second-order valence-electron chi connectivity index (χ2n) is 4.87. The summed E-state index contributed by atoms with van der Waals surface area (Å²) in [5, 5.41) is 0. The van der Waals surface area contributed by atoms with Gasteiger partial charge in [0.25, 0.3) is 5.92 Å². The molecule has 110 valence electrons. The van der Waals surface area contributed by atoms with Crippen LogP contribution in [-0.2, 0) is 4.79 Å². The molecule has 1 aliphatic rings. The molecule has 0 aliphatic carbocycles. The van der Waals surface area contributed by atoms with Gasteiger partial charge in [0.2, 0.25) is 5.91 Å². The number of halogens is 2. The van der Waals surface area contributed by atoms with Gasteiger partial charge in [-0.05, 0) is 19.1 Å². The maximum absolute atomic E-state index is 13.4. The predicted molar refractivity (Wildman–Crippen MR) is 74.3 cm³/mol. The number of hydrogen-bond acceptors (Lipinski definition) is 3. The predicted octanol–water partition coefficient (Wildman–Crippen LogP) is 2.69. The third kappa shape index (κ3) is 2.89. The summed E-state index contributed by atoms with van der Waals surface area (Å²) in [6, 6.07) is 3.45. The molecule has 0 unspecified atom stereocenters. The third-order valence-electron chi connectivity index (χ3n) is 3.45. The number of carbonyl (C=O) groups excluding carboxylic acids is 1. The van der Waals surface area contributed by atoms with Crippen LogP contribution in [0, 0.1) is 0 Å². The first-order chi connectivity index (χ1) is 9.48. The molecule has 2 rings (SSSR count). The number of alkyl halides is 2. The van der Waals surface area contributed by atoms with Crippen molar-refractivity contribution in [3.8, 4) is 0 Å². The second kappa shape index (κ2) is 5.73. The first-order valence-corrected chi connectivity index (χ1v) is 6.86. The summed E-state index contributed by atoms with van der Waals surface area (Å²) in [6.45, 7) is 4.07. The minimum atomic E-state index is -2.67. The van der Waals surface area contributed by atoms with E-state index in [4.69, 9.17) is 0 Å². The minimum Gasteiger partial charge on any atom is -0.362 e. The SMILES string of the molecule is CCC(=O)N(CC)c1ncccc1N1CCC(F)(F)C1. The molecule has 0 spiro atoms. The van der Waals surface area contributed by atoms with Crippen molar-refractivity contribution in [1.29, 1.82) is 0 Å². The molecule has 1 aromatic heterocycles. The number of nitrogens with zero attached hydrogens (tertiary/aromatic N) is 3. The molecule has 0 bridgehead atoms. The summed E-state index contributed by atoms with van der Waals surface area (Å²) >= 11 is 0. The van der Waals surface area contributed by atoms with E-state index in [1.807, 2.05) is 6.92 Å². The lowest BCUT2D eigenvalue weighted by Gasteiger charge is -2.26. The Hall–Kier alpha value is -1.72. The van der Waals surface area contributed by atoms with Gasteiger partial charge in [0.1, 0.15) is 0 Å². The van der Waals surface area contributed by atoms with E-state index in [2.05, 4.69) is 4.98 Å². The lowest BCUT2D eigenvalue weighted by Crippen LogP contribution is -2.33.